The van der Waals surface area contributed by atoms with Crippen LogP contribution in [0.2, 0.25) is 0 Å². The molecule has 1 saturated heterocycles. The number of urea groups is 1. The van der Waals surface area contributed by atoms with Crippen molar-refractivity contribution in [1.82, 2.24) is 5.32 Å². The minimum Gasteiger partial charge on any atom is -0.493 e. The summed E-state index contributed by atoms with van der Waals surface area (Å²) in [6, 6.07) is 15.2. The fourth-order valence-corrected chi connectivity index (χ4v) is 3.43. The molecule has 35 heavy (non-hydrogen) atoms. The molecule has 1 N–H and O–H groups in total. The molecule has 0 saturated carbocycles. The van der Waals surface area contributed by atoms with Gasteiger partial charge in [0.1, 0.15) is 11.4 Å². The van der Waals surface area contributed by atoms with Gasteiger partial charge in [-0.05, 0) is 72.7 Å². The topological polar surface area (TPSA) is 102 Å². The van der Waals surface area contributed by atoms with Crippen molar-refractivity contribution in [3.63, 3.8) is 0 Å². The van der Waals surface area contributed by atoms with E-state index in [-0.39, 0.29) is 22.6 Å². The molecule has 0 bridgehead atoms. The highest BCUT2D eigenvalue weighted by atomic mass is 19.1. The van der Waals surface area contributed by atoms with Crippen LogP contribution in [0.3, 0.4) is 0 Å². The first-order valence-electron chi connectivity index (χ1n) is 10.4. The number of barbiturate groups is 1. The van der Waals surface area contributed by atoms with Gasteiger partial charge in [-0.25, -0.2) is 18.9 Å². The van der Waals surface area contributed by atoms with Gasteiger partial charge in [-0.3, -0.25) is 14.9 Å². The predicted molar refractivity (Wildman–Crippen MR) is 125 cm³/mol. The average molecular weight is 474 g/mol. The number of benzene rings is 3. The minimum atomic E-state index is -0.844. The van der Waals surface area contributed by atoms with Crippen LogP contribution in [0.4, 0.5) is 14.9 Å². The smallest absolute Gasteiger partial charge is 0.343 e. The number of anilines is 1. The summed E-state index contributed by atoms with van der Waals surface area (Å²) in [6.45, 7) is 1.81. The Hall–Kier alpha value is -4.79. The molecule has 1 aliphatic heterocycles. The monoisotopic (exact) mass is 474 g/mol. The molecule has 0 spiro atoms. The molecule has 176 valence electrons. The Morgan fingerprint density at radius 3 is 2.40 bits per heavy atom. The maximum Gasteiger partial charge on any atom is 0.343 e. The van der Waals surface area contributed by atoms with Crippen LogP contribution < -0.4 is 19.7 Å². The standard InChI is InChI=1S/C26H19FN2O6/c1-15-4-3-5-19(12-15)29-24(31)20(23(30)28-26(29)33)13-16-6-11-21(22(14-16)34-2)35-25(32)17-7-9-18(27)10-8-17/h3-14H,1-2H3,(H,28,30,33)/b20-13+. The van der Waals surface area contributed by atoms with Crippen molar-refractivity contribution in [3.8, 4) is 11.5 Å². The van der Waals surface area contributed by atoms with Crippen molar-refractivity contribution in [3.05, 3.63) is 94.8 Å². The quantitative estimate of drug-likeness (QED) is 0.259. The van der Waals surface area contributed by atoms with Crippen LogP contribution in [0.1, 0.15) is 21.5 Å². The summed E-state index contributed by atoms with van der Waals surface area (Å²) >= 11 is 0. The van der Waals surface area contributed by atoms with E-state index in [4.69, 9.17) is 9.47 Å². The molecule has 9 heteroatoms. The first-order valence-corrected chi connectivity index (χ1v) is 10.4. The number of esters is 1. The number of carbonyl (C=O) groups is 4. The summed E-state index contributed by atoms with van der Waals surface area (Å²) in [5.74, 6) is -2.58. The molecule has 4 rings (SSSR count). The van der Waals surface area contributed by atoms with Crippen LogP contribution in [0, 0.1) is 12.7 Å². The third kappa shape index (κ3) is 4.93. The van der Waals surface area contributed by atoms with Gasteiger partial charge in [0.25, 0.3) is 11.8 Å². The summed E-state index contributed by atoms with van der Waals surface area (Å²) < 4.78 is 23.7. The summed E-state index contributed by atoms with van der Waals surface area (Å²) in [6.07, 6.45) is 1.31. The second-order valence-electron chi connectivity index (χ2n) is 7.60. The fourth-order valence-electron chi connectivity index (χ4n) is 3.43. The first-order chi connectivity index (χ1) is 16.8. The number of nitrogens with one attached hydrogen (secondary N) is 1. The molecule has 1 heterocycles. The van der Waals surface area contributed by atoms with Crippen molar-refractivity contribution < 1.29 is 33.0 Å². The summed E-state index contributed by atoms with van der Waals surface area (Å²) in [5, 5.41) is 2.17. The zero-order valence-electron chi connectivity index (χ0n) is 18.7. The van der Waals surface area contributed by atoms with Gasteiger partial charge >= 0.3 is 12.0 Å². The maximum atomic E-state index is 13.1. The highest BCUT2D eigenvalue weighted by molar-refractivity contribution is 6.39. The van der Waals surface area contributed by atoms with E-state index in [1.165, 1.54) is 43.5 Å². The van der Waals surface area contributed by atoms with Gasteiger partial charge in [0.05, 0.1) is 18.4 Å². The number of ether oxygens (including phenoxy) is 2. The van der Waals surface area contributed by atoms with Crippen molar-refractivity contribution in [2.45, 2.75) is 6.92 Å². The van der Waals surface area contributed by atoms with Crippen LogP contribution in [-0.2, 0) is 9.59 Å². The predicted octanol–water partition coefficient (Wildman–Crippen LogP) is 4.03. The van der Waals surface area contributed by atoms with Crippen molar-refractivity contribution in [2.24, 2.45) is 0 Å². The highest BCUT2D eigenvalue weighted by Crippen LogP contribution is 2.30. The molecule has 4 amide bonds. The van der Waals surface area contributed by atoms with Crippen molar-refractivity contribution in [2.75, 3.05) is 12.0 Å². The molecule has 0 aromatic heterocycles. The largest absolute Gasteiger partial charge is 0.493 e. The van der Waals surface area contributed by atoms with E-state index in [1.54, 1.807) is 18.2 Å². The molecule has 0 atom stereocenters. The van der Waals surface area contributed by atoms with Gasteiger partial charge in [0.15, 0.2) is 11.5 Å². The fraction of sp³-hybridized carbons (Fsp3) is 0.0769. The molecule has 3 aromatic rings. The highest BCUT2D eigenvalue weighted by Gasteiger charge is 2.36. The molecular weight excluding hydrogens is 455 g/mol. The second kappa shape index (κ2) is 9.60. The van der Waals surface area contributed by atoms with E-state index in [9.17, 15) is 23.6 Å². The molecule has 0 unspecified atom stereocenters. The van der Waals surface area contributed by atoms with Gasteiger partial charge < -0.3 is 9.47 Å². The Bertz CT molecular complexity index is 1380. The first kappa shape index (κ1) is 23.4. The van der Waals surface area contributed by atoms with E-state index < -0.39 is 29.6 Å². The van der Waals surface area contributed by atoms with E-state index in [2.05, 4.69) is 5.32 Å². The van der Waals surface area contributed by atoms with Crippen molar-refractivity contribution >= 4 is 35.6 Å². The van der Waals surface area contributed by atoms with Crippen LogP contribution in [0.5, 0.6) is 11.5 Å². The Labute approximate surface area is 199 Å². The maximum absolute atomic E-state index is 13.1. The lowest BCUT2D eigenvalue weighted by molar-refractivity contribution is -0.122. The number of nitrogens with zero attached hydrogens (tertiary/aromatic N) is 1. The molecule has 1 fully saturated rings. The SMILES string of the molecule is COc1cc(/C=C2\C(=O)NC(=O)N(c3cccc(C)c3)C2=O)ccc1OC(=O)c1ccc(F)cc1. The van der Waals surface area contributed by atoms with E-state index in [1.807, 2.05) is 13.0 Å². The zero-order chi connectivity index (χ0) is 25.1. The van der Waals surface area contributed by atoms with Crippen LogP contribution in [0.25, 0.3) is 6.08 Å². The Morgan fingerprint density at radius 2 is 1.71 bits per heavy atom. The molecular formula is C26H19FN2O6. The van der Waals surface area contributed by atoms with E-state index in [0.717, 1.165) is 22.6 Å². The minimum absolute atomic E-state index is 0.0833. The van der Waals surface area contributed by atoms with Crippen LogP contribution >= 0.6 is 0 Å². The second-order valence-corrected chi connectivity index (χ2v) is 7.60. The Balaban J connectivity index is 1.62. The van der Waals surface area contributed by atoms with E-state index in [0.29, 0.717) is 11.3 Å². The van der Waals surface area contributed by atoms with Crippen LogP contribution in [0.15, 0.2) is 72.3 Å². The number of rotatable bonds is 5. The third-order valence-electron chi connectivity index (χ3n) is 5.14. The van der Waals surface area contributed by atoms with Gasteiger partial charge in [0.2, 0.25) is 0 Å². The van der Waals surface area contributed by atoms with Crippen LogP contribution in [-0.4, -0.2) is 30.9 Å². The van der Waals surface area contributed by atoms with Gasteiger partial charge in [-0.15, -0.1) is 0 Å². The Morgan fingerprint density at radius 1 is 0.971 bits per heavy atom. The number of amides is 4. The number of halogens is 1. The molecule has 1 aliphatic rings. The summed E-state index contributed by atoms with van der Waals surface area (Å²) in [5.41, 5.74) is 1.43. The molecule has 0 radical (unpaired) electrons. The van der Waals surface area contributed by atoms with Gasteiger partial charge in [-0.1, -0.05) is 18.2 Å². The van der Waals surface area contributed by atoms with Gasteiger partial charge in [0, 0.05) is 0 Å². The van der Waals surface area contributed by atoms with Crippen molar-refractivity contribution in [1.29, 1.82) is 0 Å². The number of imide groups is 2. The van der Waals surface area contributed by atoms with E-state index >= 15 is 0 Å². The molecule has 3 aromatic carbocycles. The number of methoxy groups -OCH3 is 1. The number of hydrogen-bond acceptors (Lipinski definition) is 6. The lowest BCUT2D eigenvalue weighted by atomic mass is 10.1. The summed E-state index contributed by atoms with van der Waals surface area (Å²) in [7, 11) is 1.36. The lowest BCUT2D eigenvalue weighted by Crippen LogP contribution is -2.54. The lowest BCUT2D eigenvalue weighted by Gasteiger charge is -2.26. The number of aryl methyl sites for hydroxylation is 1. The molecule has 0 aliphatic carbocycles. The normalized spacial score (nSPS) is 14.7. The third-order valence-corrected chi connectivity index (χ3v) is 5.14. The van der Waals surface area contributed by atoms with Gasteiger partial charge in [-0.2, -0.15) is 0 Å². The number of hydrogen-bond donors (Lipinski definition) is 1. The average Bonchev–Trinajstić information content (AvgIpc) is 2.83. The number of carbonyl (C=O) groups excluding carboxylic acids is 4. The Kier molecular flexibility index (Phi) is 6.41. The molecule has 8 nitrogen and oxygen atoms in total. The summed E-state index contributed by atoms with van der Waals surface area (Å²) in [4.78, 5) is 51.1. The zero-order valence-corrected chi connectivity index (χ0v) is 18.7.